The lowest BCUT2D eigenvalue weighted by Crippen LogP contribution is -2.36. The molecule has 0 aliphatic carbocycles. The molecule has 2 N–H and O–H groups in total. The molecule has 0 aliphatic heterocycles. The standard InChI is InChI=1S/C25H52N2S/c1-3-5-7-9-11-13-15-17-19-21-23-26-25(28)27-24-22-20-18-16-14-12-10-8-6-4-2/h3-24H2,1-2H3,(H2,26,27,28). The molecule has 0 bridgehead atoms. The lowest BCUT2D eigenvalue weighted by Gasteiger charge is -2.10. The summed E-state index contributed by atoms with van der Waals surface area (Å²) in [6.07, 6.45) is 27.8. The molecular formula is C25H52N2S. The van der Waals surface area contributed by atoms with Crippen LogP contribution in [0.1, 0.15) is 142 Å². The first-order valence-electron chi connectivity index (χ1n) is 12.8. The second-order valence-corrected chi connectivity index (χ2v) is 8.95. The topological polar surface area (TPSA) is 24.1 Å². The van der Waals surface area contributed by atoms with Gasteiger partial charge in [0.1, 0.15) is 0 Å². The van der Waals surface area contributed by atoms with Gasteiger partial charge in [0.05, 0.1) is 0 Å². The summed E-state index contributed by atoms with van der Waals surface area (Å²) < 4.78 is 0. The molecule has 0 radical (unpaired) electrons. The van der Waals surface area contributed by atoms with Crippen molar-refractivity contribution in [3.8, 4) is 0 Å². The molecule has 3 heteroatoms. The van der Waals surface area contributed by atoms with E-state index in [1.54, 1.807) is 0 Å². The van der Waals surface area contributed by atoms with E-state index in [9.17, 15) is 0 Å². The number of unbranched alkanes of at least 4 members (excludes halogenated alkanes) is 18. The van der Waals surface area contributed by atoms with Gasteiger partial charge in [0.15, 0.2) is 5.11 Å². The minimum atomic E-state index is 0.854. The Labute approximate surface area is 183 Å². The summed E-state index contributed by atoms with van der Waals surface area (Å²) >= 11 is 5.37. The quantitative estimate of drug-likeness (QED) is 0.138. The van der Waals surface area contributed by atoms with Gasteiger partial charge in [0.2, 0.25) is 0 Å². The van der Waals surface area contributed by atoms with E-state index in [4.69, 9.17) is 12.2 Å². The molecule has 0 spiro atoms. The number of nitrogens with one attached hydrogen (secondary N) is 2. The first-order valence-corrected chi connectivity index (χ1v) is 13.2. The third-order valence-corrected chi connectivity index (χ3v) is 5.92. The molecule has 0 aliphatic rings. The van der Waals surface area contributed by atoms with Crippen molar-refractivity contribution < 1.29 is 0 Å². The Bertz CT molecular complexity index is 279. The molecule has 0 rings (SSSR count). The summed E-state index contributed by atoms with van der Waals surface area (Å²) in [5.74, 6) is 0. The molecule has 2 nitrogen and oxygen atoms in total. The maximum Gasteiger partial charge on any atom is 0.166 e. The van der Waals surface area contributed by atoms with E-state index in [0.29, 0.717) is 0 Å². The van der Waals surface area contributed by atoms with E-state index < -0.39 is 0 Å². The first-order chi connectivity index (χ1) is 13.8. The van der Waals surface area contributed by atoms with Crippen LogP contribution in [0, 0.1) is 0 Å². The summed E-state index contributed by atoms with van der Waals surface area (Å²) in [7, 11) is 0. The lowest BCUT2D eigenvalue weighted by atomic mass is 10.1. The predicted molar refractivity (Wildman–Crippen MR) is 132 cm³/mol. The van der Waals surface area contributed by atoms with E-state index in [2.05, 4.69) is 24.5 Å². The zero-order valence-electron chi connectivity index (χ0n) is 19.5. The molecule has 28 heavy (non-hydrogen) atoms. The highest BCUT2D eigenvalue weighted by Crippen LogP contribution is 2.11. The van der Waals surface area contributed by atoms with Gasteiger partial charge in [-0.05, 0) is 25.1 Å². The molecule has 0 aromatic rings. The van der Waals surface area contributed by atoms with Crippen molar-refractivity contribution in [1.29, 1.82) is 0 Å². The lowest BCUT2D eigenvalue weighted by molar-refractivity contribution is 0.551. The zero-order valence-corrected chi connectivity index (χ0v) is 20.3. The van der Waals surface area contributed by atoms with E-state index in [-0.39, 0.29) is 0 Å². The van der Waals surface area contributed by atoms with Gasteiger partial charge in [-0.1, -0.05) is 129 Å². The Morgan fingerprint density at radius 1 is 0.429 bits per heavy atom. The Morgan fingerprint density at radius 3 is 0.964 bits per heavy atom. The fourth-order valence-electron chi connectivity index (χ4n) is 3.69. The monoisotopic (exact) mass is 412 g/mol. The van der Waals surface area contributed by atoms with Crippen LogP contribution >= 0.6 is 12.2 Å². The second kappa shape index (κ2) is 24.7. The highest BCUT2D eigenvalue weighted by atomic mass is 32.1. The van der Waals surface area contributed by atoms with Gasteiger partial charge in [-0.25, -0.2) is 0 Å². The smallest absolute Gasteiger partial charge is 0.166 e. The normalized spacial score (nSPS) is 10.9. The van der Waals surface area contributed by atoms with E-state index >= 15 is 0 Å². The van der Waals surface area contributed by atoms with E-state index in [1.165, 1.54) is 128 Å². The second-order valence-electron chi connectivity index (χ2n) is 8.55. The molecule has 0 unspecified atom stereocenters. The van der Waals surface area contributed by atoms with Crippen molar-refractivity contribution in [2.45, 2.75) is 142 Å². The van der Waals surface area contributed by atoms with Crippen LogP contribution in [0.3, 0.4) is 0 Å². The molecule has 168 valence electrons. The largest absolute Gasteiger partial charge is 0.363 e. The van der Waals surface area contributed by atoms with Gasteiger partial charge in [0.25, 0.3) is 0 Å². The maximum atomic E-state index is 5.37. The average molecular weight is 413 g/mol. The number of hydrogen-bond acceptors (Lipinski definition) is 1. The van der Waals surface area contributed by atoms with Gasteiger partial charge in [-0.2, -0.15) is 0 Å². The Balaban J connectivity index is 3.13. The van der Waals surface area contributed by atoms with Crippen molar-refractivity contribution in [3.05, 3.63) is 0 Å². The van der Waals surface area contributed by atoms with Crippen molar-refractivity contribution in [3.63, 3.8) is 0 Å². The van der Waals surface area contributed by atoms with E-state index in [0.717, 1.165) is 18.2 Å². The molecule has 0 aromatic carbocycles. The highest BCUT2D eigenvalue weighted by molar-refractivity contribution is 7.80. The van der Waals surface area contributed by atoms with Crippen LogP contribution in [0.2, 0.25) is 0 Å². The van der Waals surface area contributed by atoms with Gasteiger partial charge >= 0.3 is 0 Å². The fraction of sp³-hybridized carbons (Fsp3) is 0.960. The van der Waals surface area contributed by atoms with Crippen LogP contribution in [0.5, 0.6) is 0 Å². The third kappa shape index (κ3) is 23.7. The molecule has 0 saturated carbocycles. The minimum absolute atomic E-state index is 0.854. The van der Waals surface area contributed by atoms with Crippen LogP contribution < -0.4 is 10.6 Å². The summed E-state index contributed by atoms with van der Waals surface area (Å²) in [4.78, 5) is 0. The summed E-state index contributed by atoms with van der Waals surface area (Å²) in [5.41, 5.74) is 0. The van der Waals surface area contributed by atoms with Crippen molar-refractivity contribution in [2.75, 3.05) is 13.1 Å². The van der Waals surface area contributed by atoms with Gasteiger partial charge in [-0.15, -0.1) is 0 Å². The van der Waals surface area contributed by atoms with Crippen molar-refractivity contribution in [1.82, 2.24) is 10.6 Å². The maximum absolute atomic E-state index is 5.37. The van der Waals surface area contributed by atoms with E-state index in [1.807, 2.05) is 0 Å². The molecule has 0 aromatic heterocycles. The summed E-state index contributed by atoms with van der Waals surface area (Å²) in [6, 6.07) is 0. The fourth-order valence-corrected chi connectivity index (χ4v) is 3.90. The minimum Gasteiger partial charge on any atom is -0.363 e. The highest BCUT2D eigenvalue weighted by Gasteiger charge is 1.97. The number of hydrogen-bond donors (Lipinski definition) is 2. The molecule has 0 atom stereocenters. The van der Waals surface area contributed by atoms with Crippen LogP contribution in [0.25, 0.3) is 0 Å². The Kier molecular flexibility index (Phi) is 24.5. The number of rotatable bonds is 22. The zero-order chi connectivity index (χ0) is 20.5. The van der Waals surface area contributed by atoms with Gasteiger partial charge < -0.3 is 10.6 Å². The molecule has 0 saturated heterocycles. The van der Waals surface area contributed by atoms with Crippen molar-refractivity contribution in [2.24, 2.45) is 0 Å². The van der Waals surface area contributed by atoms with Crippen LogP contribution in [-0.2, 0) is 0 Å². The Morgan fingerprint density at radius 2 is 0.679 bits per heavy atom. The first kappa shape index (κ1) is 27.7. The van der Waals surface area contributed by atoms with Gasteiger partial charge in [0, 0.05) is 13.1 Å². The van der Waals surface area contributed by atoms with Gasteiger partial charge in [-0.3, -0.25) is 0 Å². The molecular weight excluding hydrogens is 360 g/mol. The average Bonchev–Trinajstić information content (AvgIpc) is 2.70. The molecule has 0 amide bonds. The van der Waals surface area contributed by atoms with Crippen molar-refractivity contribution >= 4 is 17.3 Å². The summed E-state index contributed by atoms with van der Waals surface area (Å²) in [6.45, 7) is 6.63. The SMILES string of the molecule is CCCCCCCCCCCCNC(=S)NCCCCCCCCCCCC. The Hall–Kier alpha value is -0.310. The van der Waals surface area contributed by atoms with Crippen LogP contribution in [-0.4, -0.2) is 18.2 Å². The number of thiocarbonyl (C=S) groups is 1. The van der Waals surface area contributed by atoms with Crippen LogP contribution in [0.4, 0.5) is 0 Å². The molecule has 0 heterocycles. The third-order valence-electron chi connectivity index (χ3n) is 5.63. The predicted octanol–water partition coefficient (Wildman–Crippen LogP) is 8.29. The van der Waals surface area contributed by atoms with Crippen LogP contribution in [0.15, 0.2) is 0 Å². The molecule has 0 fully saturated rings. The summed E-state index contributed by atoms with van der Waals surface area (Å²) in [5, 5.41) is 7.58.